The van der Waals surface area contributed by atoms with E-state index in [1.807, 2.05) is 54.8 Å². The molecule has 1 heterocycles. The fourth-order valence-electron chi connectivity index (χ4n) is 2.74. The van der Waals surface area contributed by atoms with Crippen LogP contribution in [0.3, 0.4) is 0 Å². The summed E-state index contributed by atoms with van der Waals surface area (Å²) in [5.74, 6) is -0.458. The second-order valence-electron chi connectivity index (χ2n) is 6.01. The molecule has 0 aliphatic heterocycles. The van der Waals surface area contributed by atoms with Gasteiger partial charge in [0, 0.05) is 23.2 Å². The van der Waals surface area contributed by atoms with Crippen molar-refractivity contribution >= 4 is 29.8 Å². The molecule has 7 heteroatoms. The molecule has 1 aromatic heterocycles. The van der Waals surface area contributed by atoms with Crippen molar-refractivity contribution < 1.29 is 14.3 Å². The number of thioether (sulfide) groups is 1. The highest BCUT2D eigenvalue weighted by molar-refractivity contribution is 7.98. The minimum absolute atomic E-state index is 0.250. The zero-order chi connectivity index (χ0) is 20.1. The molecule has 0 spiro atoms. The predicted molar refractivity (Wildman–Crippen MR) is 111 cm³/mol. The Morgan fingerprint density at radius 2 is 1.86 bits per heavy atom. The quantitative estimate of drug-likeness (QED) is 0.343. The Labute approximate surface area is 168 Å². The highest BCUT2D eigenvalue weighted by Crippen LogP contribution is 2.27. The van der Waals surface area contributed by atoms with Crippen molar-refractivity contribution in [1.29, 1.82) is 0 Å². The number of nitrogens with zero attached hydrogens (tertiary/aromatic N) is 3. The van der Waals surface area contributed by atoms with Crippen molar-refractivity contribution in [1.82, 2.24) is 9.78 Å². The molecule has 0 radical (unpaired) electrons. The number of ether oxygens (including phenoxy) is 1. The molecule has 1 amide bonds. The highest BCUT2D eigenvalue weighted by atomic mass is 32.2. The molecule has 0 aliphatic carbocycles. The van der Waals surface area contributed by atoms with Gasteiger partial charge >= 0.3 is 5.97 Å². The number of anilines is 1. The van der Waals surface area contributed by atoms with Crippen LogP contribution in [-0.4, -0.2) is 42.1 Å². The van der Waals surface area contributed by atoms with E-state index >= 15 is 0 Å². The van der Waals surface area contributed by atoms with Gasteiger partial charge in [0.15, 0.2) is 5.69 Å². The van der Waals surface area contributed by atoms with Crippen LogP contribution in [0.5, 0.6) is 0 Å². The summed E-state index contributed by atoms with van der Waals surface area (Å²) < 4.78 is 6.82. The van der Waals surface area contributed by atoms with Gasteiger partial charge in [-0.2, -0.15) is 5.10 Å². The molecule has 0 atom stereocenters. The summed E-state index contributed by atoms with van der Waals surface area (Å²) in [4.78, 5) is 25.8. The van der Waals surface area contributed by atoms with Crippen molar-refractivity contribution in [2.24, 2.45) is 0 Å². The molecule has 0 fully saturated rings. The maximum atomic E-state index is 12.2. The topological polar surface area (TPSA) is 64.4 Å². The van der Waals surface area contributed by atoms with Crippen LogP contribution in [-0.2, 0) is 9.53 Å². The number of rotatable bonds is 7. The van der Waals surface area contributed by atoms with Gasteiger partial charge < -0.3 is 9.64 Å². The Balaban J connectivity index is 2.07. The summed E-state index contributed by atoms with van der Waals surface area (Å²) in [6, 6.07) is 17.2. The van der Waals surface area contributed by atoms with Crippen molar-refractivity contribution in [3.63, 3.8) is 0 Å². The van der Waals surface area contributed by atoms with Gasteiger partial charge in [-0.3, -0.25) is 4.79 Å². The van der Waals surface area contributed by atoms with Crippen LogP contribution in [0.2, 0.25) is 0 Å². The predicted octanol–water partition coefficient (Wildman–Crippen LogP) is 4.03. The van der Waals surface area contributed by atoms with Crippen LogP contribution < -0.4 is 4.90 Å². The highest BCUT2D eigenvalue weighted by Gasteiger charge is 2.18. The smallest absolute Gasteiger partial charge is 0.358 e. The van der Waals surface area contributed by atoms with Crippen molar-refractivity contribution in [3.8, 4) is 16.9 Å². The van der Waals surface area contributed by atoms with Crippen LogP contribution in [0.4, 0.5) is 5.69 Å². The Hall–Kier alpha value is -3.06. The number of carbonyl (C=O) groups excluding carboxylic acids is 2. The van der Waals surface area contributed by atoms with E-state index in [1.54, 1.807) is 36.5 Å². The Kier molecular flexibility index (Phi) is 6.16. The van der Waals surface area contributed by atoms with Crippen molar-refractivity contribution in [2.75, 3.05) is 24.8 Å². The first-order chi connectivity index (χ1) is 13.6. The molecule has 3 rings (SSSR count). The van der Waals surface area contributed by atoms with Gasteiger partial charge in [-0.25, -0.2) is 9.48 Å². The van der Waals surface area contributed by atoms with E-state index in [-0.39, 0.29) is 12.3 Å². The zero-order valence-electron chi connectivity index (χ0n) is 16.0. The third-order valence-corrected chi connectivity index (χ3v) is 4.98. The lowest BCUT2D eigenvalue weighted by Crippen LogP contribution is -2.13. The Bertz CT molecular complexity index is 966. The Morgan fingerprint density at radius 3 is 2.43 bits per heavy atom. The number of carbonyl (C=O) groups is 2. The molecule has 0 unspecified atom stereocenters. The minimum atomic E-state index is -0.458. The van der Waals surface area contributed by atoms with Gasteiger partial charge in [0.1, 0.15) is 0 Å². The molecule has 6 nitrogen and oxygen atoms in total. The van der Waals surface area contributed by atoms with Crippen LogP contribution >= 0.6 is 11.8 Å². The maximum Gasteiger partial charge on any atom is 0.358 e. The van der Waals surface area contributed by atoms with E-state index in [9.17, 15) is 9.59 Å². The van der Waals surface area contributed by atoms with Gasteiger partial charge in [-0.05, 0) is 55.6 Å². The van der Waals surface area contributed by atoms with E-state index in [0.717, 1.165) is 33.9 Å². The van der Waals surface area contributed by atoms with E-state index in [2.05, 4.69) is 5.10 Å². The largest absolute Gasteiger partial charge is 0.461 e. The second-order valence-corrected chi connectivity index (χ2v) is 6.89. The average Bonchev–Trinajstić information content (AvgIpc) is 3.19. The SMILES string of the molecule is CCOC(=O)c1cc(-c2ccc(SC)cc2)n(-c2ccc(N(C)C=O)cc2)n1. The number of aromatic nitrogens is 2. The number of amides is 1. The average molecular weight is 395 g/mol. The Morgan fingerprint density at radius 1 is 1.18 bits per heavy atom. The third-order valence-electron chi connectivity index (χ3n) is 4.24. The fraction of sp³-hybridized carbons (Fsp3) is 0.190. The first-order valence-corrected chi connectivity index (χ1v) is 10.00. The molecule has 0 saturated heterocycles. The monoisotopic (exact) mass is 395 g/mol. The number of hydrogen-bond acceptors (Lipinski definition) is 5. The first-order valence-electron chi connectivity index (χ1n) is 8.77. The third kappa shape index (κ3) is 4.09. The summed E-state index contributed by atoms with van der Waals surface area (Å²) in [5.41, 5.74) is 3.52. The lowest BCUT2D eigenvalue weighted by atomic mass is 10.1. The molecule has 3 aromatic rings. The first kappa shape index (κ1) is 19.7. The molecule has 28 heavy (non-hydrogen) atoms. The molecule has 0 bridgehead atoms. The summed E-state index contributed by atoms with van der Waals surface area (Å²) in [5, 5.41) is 4.47. The van der Waals surface area contributed by atoms with E-state index in [4.69, 9.17) is 4.74 Å². The lowest BCUT2D eigenvalue weighted by molar-refractivity contribution is -0.107. The van der Waals surface area contributed by atoms with Gasteiger partial charge in [-0.1, -0.05) is 12.1 Å². The molecular formula is C21H21N3O3S. The van der Waals surface area contributed by atoms with Gasteiger partial charge in [-0.15, -0.1) is 11.8 Å². The number of hydrogen-bond donors (Lipinski definition) is 0. The fourth-order valence-corrected chi connectivity index (χ4v) is 3.15. The maximum absolute atomic E-state index is 12.2. The van der Waals surface area contributed by atoms with Crippen LogP contribution in [0, 0.1) is 0 Å². The number of benzene rings is 2. The standard InChI is InChI=1S/C21H21N3O3S/c1-4-27-21(26)19-13-20(15-5-11-18(28-3)12-6-15)24(22-19)17-9-7-16(8-10-17)23(2)14-25/h5-14H,4H2,1-3H3. The van der Waals surface area contributed by atoms with E-state index in [1.165, 1.54) is 4.90 Å². The minimum Gasteiger partial charge on any atom is -0.461 e. The number of esters is 1. The van der Waals surface area contributed by atoms with Crippen molar-refractivity contribution in [3.05, 3.63) is 60.3 Å². The molecule has 0 saturated carbocycles. The second kappa shape index (κ2) is 8.75. The van der Waals surface area contributed by atoms with Crippen molar-refractivity contribution in [2.45, 2.75) is 11.8 Å². The zero-order valence-corrected chi connectivity index (χ0v) is 16.8. The molecule has 144 valence electrons. The van der Waals surface area contributed by atoms with Crippen LogP contribution in [0.1, 0.15) is 17.4 Å². The molecule has 0 aliphatic rings. The summed E-state index contributed by atoms with van der Waals surface area (Å²) in [6.45, 7) is 2.05. The van der Waals surface area contributed by atoms with Crippen LogP contribution in [0.15, 0.2) is 59.5 Å². The lowest BCUT2D eigenvalue weighted by Gasteiger charge is -2.12. The van der Waals surface area contributed by atoms with E-state index < -0.39 is 5.97 Å². The van der Waals surface area contributed by atoms with Gasteiger partial charge in [0.25, 0.3) is 0 Å². The van der Waals surface area contributed by atoms with Crippen LogP contribution in [0.25, 0.3) is 16.9 Å². The van der Waals surface area contributed by atoms with Gasteiger partial charge in [0.05, 0.1) is 18.0 Å². The normalized spacial score (nSPS) is 10.5. The molecule has 2 aromatic carbocycles. The summed E-state index contributed by atoms with van der Waals surface area (Å²) in [6.07, 6.45) is 2.77. The van der Waals surface area contributed by atoms with E-state index in [0.29, 0.717) is 0 Å². The summed E-state index contributed by atoms with van der Waals surface area (Å²) in [7, 11) is 1.69. The summed E-state index contributed by atoms with van der Waals surface area (Å²) >= 11 is 1.67. The van der Waals surface area contributed by atoms with Gasteiger partial charge in [0.2, 0.25) is 6.41 Å². The molecular weight excluding hydrogens is 374 g/mol. The molecule has 0 N–H and O–H groups in total.